The van der Waals surface area contributed by atoms with E-state index in [2.05, 4.69) is 15.3 Å². The second kappa shape index (κ2) is 8.32. The first-order chi connectivity index (χ1) is 14.1. The van der Waals surface area contributed by atoms with Crippen LogP contribution in [-0.4, -0.2) is 35.8 Å². The summed E-state index contributed by atoms with van der Waals surface area (Å²) in [5, 5.41) is 3.50. The third kappa shape index (κ3) is 4.38. The number of benzene rings is 2. The van der Waals surface area contributed by atoms with E-state index in [0.29, 0.717) is 35.6 Å². The van der Waals surface area contributed by atoms with E-state index < -0.39 is 0 Å². The fourth-order valence-corrected chi connectivity index (χ4v) is 3.31. The second-order valence-corrected chi connectivity index (χ2v) is 6.95. The summed E-state index contributed by atoms with van der Waals surface area (Å²) in [6, 6.07) is 12.9. The molecular formula is C21H23N4O4+. The number of hydrogen-bond donors (Lipinski definition) is 3. The van der Waals surface area contributed by atoms with Crippen LogP contribution in [0.3, 0.4) is 0 Å². The Morgan fingerprint density at radius 1 is 1.21 bits per heavy atom. The fourth-order valence-electron chi connectivity index (χ4n) is 3.31. The lowest BCUT2D eigenvalue weighted by Crippen LogP contribution is -3.11. The summed E-state index contributed by atoms with van der Waals surface area (Å²) in [6.45, 7) is 4.13. The number of aromatic nitrogens is 2. The SMILES string of the molecule is CC[NH+](CC(=O)NCc1ccc2c(c1)OCO2)Cc1nc2ccccc2c(=O)[nH]1. The lowest BCUT2D eigenvalue weighted by atomic mass is 10.2. The van der Waals surface area contributed by atoms with Gasteiger partial charge in [0.25, 0.3) is 11.5 Å². The summed E-state index contributed by atoms with van der Waals surface area (Å²) >= 11 is 0. The Morgan fingerprint density at radius 2 is 2.03 bits per heavy atom. The van der Waals surface area contributed by atoms with Crippen molar-refractivity contribution in [2.75, 3.05) is 19.9 Å². The Kier molecular flexibility index (Phi) is 5.44. The van der Waals surface area contributed by atoms with E-state index in [9.17, 15) is 9.59 Å². The molecule has 1 amide bonds. The molecule has 150 valence electrons. The lowest BCUT2D eigenvalue weighted by Gasteiger charge is -2.17. The Bertz CT molecular complexity index is 1100. The first-order valence-corrected chi connectivity index (χ1v) is 9.59. The summed E-state index contributed by atoms with van der Waals surface area (Å²) in [5.41, 5.74) is 1.45. The van der Waals surface area contributed by atoms with Crippen molar-refractivity contribution >= 4 is 16.8 Å². The van der Waals surface area contributed by atoms with Gasteiger partial charge in [0, 0.05) is 6.54 Å². The predicted molar refractivity (Wildman–Crippen MR) is 107 cm³/mol. The molecule has 29 heavy (non-hydrogen) atoms. The molecule has 1 unspecified atom stereocenters. The van der Waals surface area contributed by atoms with Gasteiger partial charge in [0.15, 0.2) is 23.9 Å². The van der Waals surface area contributed by atoms with E-state index in [1.807, 2.05) is 43.3 Å². The number of hydrogen-bond acceptors (Lipinski definition) is 5. The molecule has 1 aliphatic heterocycles. The number of carbonyl (C=O) groups is 1. The molecule has 1 aliphatic rings. The summed E-state index contributed by atoms with van der Waals surface area (Å²) in [7, 11) is 0. The molecule has 3 N–H and O–H groups in total. The largest absolute Gasteiger partial charge is 0.454 e. The molecule has 2 aromatic carbocycles. The van der Waals surface area contributed by atoms with Crippen molar-refractivity contribution in [3.63, 3.8) is 0 Å². The van der Waals surface area contributed by atoms with Crippen molar-refractivity contribution in [3.8, 4) is 11.5 Å². The average Bonchev–Trinajstić information content (AvgIpc) is 3.19. The molecule has 1 aromatic heterocycles. The van der Waals surface area contributed by atoms with E-state index in [-0.39, 0.29) is 24.8 Å². The van der Waals surface area contributed by atoms with Crippen LogP contribution in [-0.2, 0) is 17.9 Å². The maximum absolute atomic E-state index is 12.4. The maximum Gasteiger partial charge on any atom is 0.275 e. The first-order valence-electron chi connectivity index (χ1n) is 9.59. The van der Waals surface area contributed by atoms with Crippen LogP contribution < -0.4 is 25.2 Å². The van der Waals surface area contributed by atoms with Crippen molar-refractivity contribution < 1.29 is 19.2 Å². The monoisotopic (exact) mass is 395 g/mol. The number of nitrogens with zero attached hydrogens (tertiary/aromatic N) is 1. The molecule has 8 heteroatoms. The number of ether oxygens (including phenoxy) is 2. The average molecular weight is 395 g/mol. The molecule has 2 heterocycles. The van der Waals surface area contributed by atoms with Gasteiger partial charge in [-0.2, -0.15) is 0 Å². The normalized spacial score (nSPS) is 13.4. The molecule has 0 bridgehead atoms. The summed E-state index contributed by atoms with van der Waals surface area (Å²) in [6.07, 6.45) is 0. The molecule has 4 rings (SSSR count). The lowest BCUT2D eigenvalue weighted by molar-refractivity contribution is -0.904. The smallest absolute Gasteiger partial charge is 0.275 e. The minimum Gasteiger partial charge on any atom is -0.454 e. The predicted octanol–water partition coefficient (Wildman–Crippen LogP) is 0.373. The van der Waals surface area contributed by atoms with Crippen LogP contribution in [0.4, 0.5) is 0 Å². The Balaban J connectivity index is 1.36. The summed E-state index contributed by atoms with van der Waals surface area (Å²) in [5.74, 6) is 1.93. The van der Waals surface area contributed by atoms with Gasteiger partial charge in [0.1, 0.15) is 6.54 Å². The molecular weight excluding hydrogens is 372 g/mol. The minimum atomic E-state index is -0.159. The maximum atomic E-state index is 12.4. The number of aromatic amines is 1. The highest BCUT2D eigenvalue weighted by Crippen LogP contribution is 2.32. The van der Waals surface area contributed by atoms with Crippen molar-refractivity contribution in [1.29, 1.82) is 0 Å². The van der Waals surface area contributed by atoms with E-state index in [0.717, 1.165) is 22.8 Å². The number of nitrogens with one attached hydrogen (secondary N) is 3. The van der Waals surface area contributed by atoms with Crippen molar-refractivity contribution in [2.24, 2.45) is 0 Å². The van der Waals surface area contributed by atoms with Gasteiger partial charge in [0.05, 0.1) is 17.4 Å². The van der Waals surface area contributed by atoms with Crippen LogP contribution in [0, 0.1) is 0 Å². The third-order valence-electron chi connectivity index (χ3n) is 4.92. The zero-order valence-electron chi connectivity index (χ0n) is 16.2. The highest BCUT2D eigenvalue weighted by Gasteiger charge is 2.17. The summed E-state index contributed by atoms with van der Waals surface area (Å²) in [4.78, 5) is 33.0. The third-order valence-corrected chi connectivity index (χ3v) is 4.92. The Labute approximate surface area is 167 Å². The van der Waals surface area contributed by atoms with Gasteiger partial charge in [-0.05, 0) is 36.8 Å². The van der Waals surface area contributed by atoms with Crippen molar-refractivity contribution in [3.05, 3.63) is 64.2 Å². The number of amides is 1. The number of rotatable bonds is 7. The molecule has 1 atom stereocenters. The molecule has 8 nitrogen and oxygen atoms in total. The number of fused-ring (bicyclic) bond motifs is 2. The van der Waals surface area contributed by atoms with Crippen LogP contribution in [0.2, 0.25) is 0 Å². The van der Waals surface area contributed by atoms with Gasteiger partial charge in [-0.3, -0.25) is 9.59 Å². The fraction of sp³-hybridized carbons (Fsp3) is 0.286. The number of para-hydroxylation sites is 1. The molecule has 0 saturated carbocycles. The molecule has 0 fully saturated rings. The highest BCUT2D eigenvalue weighted by atomic mass is 16.7. The number of carbonyl (C=O) groups excluding carboxylic acids is 1. The van der Waals surface area contributed by atoms with Gasteiger partial charge in [-0.15, -0.1) is 0 Å². The quantitative estimate of drug-likeness (QED) is 0.537. The zero-order chi connectivity index (χ0) is 20.2. The van der Waals surface area contributed by atoms with Crippen molar-refractivity contribution in [2.45, 2.75) is 20.0 Å². The van der Waals surface area contributed by atoms with Crippen molar-refractivity contribution in [1.82, 2.24) is 15.3 Å². The van der Waals surface area contributed by atoms with Gasteiger partial charge in [0.2, 0.25) is 6.79 Å². The molecule has 0 aliphatic carbocycles. The van der Waals surface area contributed by atoms with E-state index in [4.69, 9.17) is 9.47 Å². The number of likely N-dealkylation sites (N-methyl/N-ethyl adjacent to an activating group) is 1. The van der Waals surface area contributed by atoms with E-state index >= 15 is 0 Å². The van der Waals surface area contributed by atoms with E-state index in [1.165, 1.54) is 0 Å². The highest BCUT2D eigenvalue weighted by molar-refractivity contribution is 5.77. The molecule has 3 aromatic rings. The first kappa shape index (κ1) is 18.9. The minimum absolute atomic E-state index is 0.0670. The Hall–Kier alpha value is -3.39. The van der Waals surface area contributed by atoms with Gasteiger partial charge in [-0.1, -0.05) is 18.2 Å². The van der Waals surface area contributed by atoms with Gasteiger partial charge >= 0.3 is 0 Å². The number of quaternary nitrogens is 1. The second-order valence-electron chi connectivity index (χ2n) is 6.95. The van der Waals surface area contributed by atoms with Crippen LogP contribution in [0.25, 0.3) is 10.9 Å². The molecule has 0 radical (unpaired) electrons. The molecule has 0 saturated heterocycles. The molecule has 0 spiro atoms. The van der Waals surface area contributed by atoms with Gasteiger partial charge < -0.3 is 24.7 Å². The standard InChI is InChI=1S/C21H22N4O4/c1-2-25(11-19-23-16-6-4-3-5-15(16)21(27)24-19)12-20(26)22-10-14-7-8-17-18(9-14)29-13-28-17/h3-9H,2,10-13H2,1H3,(H,22,26)(H,23,24,27)/p+1. The van der Waals surface area contributed by atoms with Crippen LogP contribution >= 0.6 is 0 Å². The van der Waals surface area contributed by atoms with Crippen LogP contribution in [0.1, 0.15) is 18.3 Å². The van der Waals surface area contributed by atoms with E-state index in [1.54, 1.807) is 6.07 Å². The Morgan fingerprint density at radius 3 is 2.90 bits per heavy atom. The van der Waals surface area contributed by atoms with Gasteiger partial charge in [-0.25, -0.2) is 4.98 Å². The number of H-pyrrole nitrogens is 1. The zero-order valence-corrected chi connectivity index (χ0v) is 16.2. The summed E-state index contributed by atoms with van der Waals surface area (Å²) < 4.78 is 10.7. The van der Waals surface area contributed by atoms with Crippen LogP contribution in [0.15, 0.2) is 47.3 Å². The topological polar surface area (TPSA) is 97.8 Å². The van der Waals surface area contributed by atoms with Crippen LogP contribution in [0.5, 0.6) is 11.5 Å².